The van der Waals surface area contributed by atoms with E-state index in [2.05, 4.69) is 25.9 Å². The third kappa shape index (κ3) is 2.04. The molecule has 0 aromatic carbocycles. The Balaban J connectivity index is 1.97. The van der Waals surface area contributed by atoms with E-state index in [4.69, 9.17) is 4.74 Å². The first-order chi connectivity index (χ1) is 9.81. The van der Waals surface area contributed by atoms with Crippen LogP contribution in [0.2, 0.25) is 0 Å². The maximum atomic E-state index is 13.0. The van der Waals surface area contributed by atoms with E-state index in [1.54, 1.807) is 0 Å². The van der Waals surface area contributed by atoms with Gasteiger partial charge in [-0.1, -0.05) is 25.9 Å². The first-order valence-corrected chi connectivity index (χ1v) is 9.10. The van der Waals surface area contributed by atoms with Crippen molar-refractivity contribution in [3.63, 3.8) is 0 Å². The van der Waals surface area contributed by atoms with E-state index < -0.39 is 15.3 Å². The van der Waals surface area contributed by atoms with Crippen molar-refractivity contribution in [1.82, 2.24) is 4.31 Å². The highest BCUT2D eigenvalue weighted by molar-refractivity contribution is 7.90. The van der Waals surface area contributed by atoms with Gasteiger partial charge >= 0.3 is 0 Å². The van der Waals surface area contributed by atoms with Crippen molar-refractivity contribution in [3.8, 4) is 0 Å². The molecule has 1 heterocycles. The number of nitrogens with zero attached hydrogens (tertiary/aromatic N) is 2. The van der Waals surface area contributed by atoms with Crippen LogP contribution in [0.5, 0.6) is 0 Å². The fourth-order valence-corrected chi connectivity index (χ4v) is 6.78. The molecule has 0 aromatic rings. The molecule has 1 saturated heterocycles. The summed E-state index contributed by atoms with van der Waals surface area (Å²) in [6, 6.07) is 0. The van der Waals surface area contributed by atoms with Crippen molar-refractivity contribution in [2.75, 3.05) is 26.3 Å². The minimum atomic E-state index is -3.49. The van der Waals surface area contributed by atoms with Gasteiger partial charge in [0.1, 0.15) is 5.25 Å². The molecule has 2 bridgehead atoms. The van der Waals surface area contributed by atoms with Gasteiger partial charge in [-0.3, -0.25) is 0 Å². The van der Waals surface area contributed by atoms with Crippen LogP contribution in [0.1, 0.15) is 27.2 Å². The predicted octanol–water partition coefficient (Wildman–Crippen LogP) is 1.16. The largest absolute Gasteiger partial charge is 0.411 e. The molecule has 6 nitrogen and oxygen atoms in total. The van der Waals surface area contributed by atoms with Gasteiger partial charge in [0.05, 0.1) is 18.9 Å². The molecule has 7 heteroatoms. The molecule has 2 aliphatic carbocycles. The molecule has 2 saturated carbocycles. The van der Waals surface area contributed by atoms with Gasteiger partial charge in [-0.15, -0.1) is 0 Å². The van der Waals surface area contributed by atoms with Crippen LogP contribution >= 0.6 is 0 Å². The maximum Gasteiger partial charge on any atom is 0.222 e. The minimum Gasteiger partial charge on any atom is -0.411 e. The zero-order valence-electron chi connectivity index (χ0n) is 12.8. The second-order valence-electron chi connectivity index (χ2n) is 7.06. The van der Waals surface area contributed by atoms with Gasteiger partial charge in [0.2, 0.25) is 10.0 Å². The van der Waals surface area contributed by atoms with Crippen LogP contribution in [0.4, 0.5) is 0 Å². The molecule has 1 aliphatic heterocycles. The highest BCUT2D eigenvalue weighted by atomic mass is 32.2. The highest BCUT2D eigenvalue weighted by Gasteiger charge is 2.63. The zero-order valence-corrected chi connectivity index (χ0v) is 13.6. The second-order valence-corrected chi connectivity index (χ2v) is 9.11. The third-order valence-corrected chi connectivity index (χ3v) is 8.34. The molecule has 1 N–H and O–H groups in total. The number of fused-ring (bicyclic) bond motifs is 2. The second kappa shape index (κ2) is 4.93. The zero-order chi connectivity index (χ0) is 15.4. The van der Waals surface area contributed by atoms with E-state index in [-0.39, 0.29) is 17.3 Å². The molecule has 3 aliphatic rings. The molecule has 0 unspecified atom stereocenters. The summed E-state index contributed by atoms with van der Waals surface area (Å²) < 4.78 is 32.8. The van der Waals surface area contributed by atoms with Crippen LogP contribution in [0.15, 0.2) is 5.16 Å². The van der Waals surface area contributed by atoms with Gasteiger partial charge in [0, 0.05) is 19.0 Å². The third-order valence-electron chi connectivity index (χ3n) is 6.04. The van der Waals surface area contributed by atoms with Gasteiger partial charge in [-0.05, 0) is 23.7 Å². The Kier molecular flexibility index (Phi) is 3.58. The normalized spacial score (nSPS) is 41.8. The standard InChI is InChI=1S/C14H24N2O4S/c1-9-10-8-11(14(9,2)3)13(12(10)15-17)21(18,19)16-4-6-20-7-5-16/h9-11,13,17H,4-8H2,1-3H3/b15-12-/t9-,10-,11-,13-/m1/s1. The first kappa shape index (κ1) is 15.2. The van der Waals surface area contributed by atoms with E-state index in [0.29, 0.717) is 37.9 Å². The fourth-order valence-electron chi connectivity index (χ4n) is 4.40. The van der Waals surface area contributed by atoms with Crippen LogP contribution in [0, 0.1) is 23.2 Å². The molecule has 0 amide bonds. The van der Waals surface area contributed by atoms with Crippen molar-refractivity contribution in [2.24, 2.45) is 28.3 Å². The van der Waals surface area contributed by atoms with E-state index in [1.165, 1.54) is 4.31 Å². The number of hydrogen-bond donors (Lipinski definition) is 1. The summed E-state index contributed by atoms with van der Waals surface area (Å²) in [5.41, 5.74) is 0.418. The topological polar surface area (TPSA) is 79.2 Å². The summed E-state index contributed by atoms with van der Waals surface area (Å²) in [5.74, 6) is 0.441. The van der Waals surface area contributed by atoms with Crippen LogP contribution in [-0.2, 0) is 14.8 Å². The Morgan fingerprint density at radius 1 is 1.33 bits per heavy atom. The van der Waals surface area contributed by atoms with Gasteiger partial charge < -0.3 is 9.94 Å². The van der Waals surface area contributed by atoms with Crippen LogP contribution in [0.3, 0.4) is 0 Å². The van der Waals surface area contributed by atoms with Crippen LogP contribution in [0.25, 0.3) is 0 Å². The van der Waals surface area contributed by atoms with Gasteiger partial charge in [0.25, 0.3) is 0 Å². The Labute approximate surface area is 126 Å². The van der Waals surface area contributed by atoms with Gasteiger partial charge in [-0.25, -0.2) is 8.42 Å². The van der Waals surface area contributed by atoms with Crippen molar-refractivity contribution >= 4 is 15.7 Å². The summed E-state index contributed by atoms with van der Waals surface area (Å²) >= 11 is 0. The summed E-state index contributed by atoms with van der Waals surface area (Å²) in [6.07, 6.45) is 0.807. The number of rotatable bonds is 2. The van der Waals surface area contributed by atoms with Gasteiger partial charge in [0.15, 0.2) is 0 Å². The Bertz CT molecular complexity index is 551. The molecule has 120 valence electrons. The van der Waals surface area contributed by atoms with Crippen LogP contribution < -0.4 is 0 Å². The number of oxime groups is 1. The Morgan fingerprint density at radius 3 is 2.52 bits per heavy atom. The van der Waals surface area contributed by atoms with Crippen molar-refractivity contribution in [2.45, 2.75) is 32.4 Å². The van der Waals surface area contributed by atoms with Crippen molar-refractivity contribution in [3.05, 3.63) is 0 Å². The highest BCUT2D eigenvalue weighted by Crippen LogP contribution is 2.59. The number of ether oxygens (including phenoxy) is 1. The summed E-state index contributed by atoms with van der Waals surface area (Å²) in [7, 11) is -3.49. The lowest BCUT2D eigenvalue weighted by Gasteiger charge is -2.42. The number of hydrogen-bond acceptors (Lipinski definition) is 5. The monoisotopic (exact) mass is 316 g/mol. The molecule has 3 rings (SSSR count). The molecular weight excluding hydrogens is 292 g/mol. The van der Waals surface area contributed by atoms with E-state index >= 15 is 0 Å². The number of sulfonamides is 1. The maximum absolute atomic E-state index is 13.0. The lowest BCUT2D eigenvalue weighted by Crippen LogP contribution is -2.53. The fraction of sp³-hybridized carbons (Fsp3) is 0.929. The SMILES string of the molecule is C[C@@H]1[C@H]2C[C@H]([C@@H](S(=O)(=O)N3CCOCC3)/C2=N\O)C1(C)C. The Hall–Kier alpha value is -0.660. The molecule has 0 spiro atoms. The molecule has 0 aromatic heterocycles. The molecule has 0 radical (unpaired) electrons. The molecule has 3 fully saturated rings. The quantitative estimate of drug-likeness (QED) is 0.612. The van der Waals surface area contributed by atoms with E-state index in [0.717, 1.165) is 6.42 Å². The molecule has 4 atom stereocenters. The van der Waals surface area contributed by atoms with Crippen LogP contribution in [-0.4, -0.2) is 55.2 Å². The summed E-state index contributed by atoms with van der Waals surface area (Å²) in [4.78, 5) is 0. The summed E-state index contributed by atoms with van der Waals surface area (Å²) in [5, 5.41) is 12.1. The smallest absolute Gasteiger partial charge is 0.222 e. The first-order valence-electron chi connectivity index (χ1n) is 7.60. The summed E-state index contributed by atoms with van der Waals surface area (Å²) in [6.45, 7) is 8.07. The lowest BCUT2D eigenvalue weighted by molar-refractivity contribution is 0.0719. The van der Waals surface area contributed by atoms with E-state index in [1.807, 2.05) is 0 Å². The Morgan fingerprint density at radius 2 is 1.95 bits per heavy atom. The number of morpholine rings is 1. The van der Waals surface area contributed by atoms with Gasteiger partial charge in [-0.2, -0.15) is 4.31 Å². The van der Waals surface area contributed by atoms with Crippen molar-refractivity contribution in [1.29, 1.82) is 0 Å². The van der Waals surface area contributed by atoms with E-state index in [9.17, 15) is 13.6 Å². The van der Waals surface area contributed by atoms with Crippen molar-refractivity contribution < 1.29 is 18.4 Å². The molecule has 21 heavy (non-hydrogen) atoms. The molecular formula is C14H24N2O4S. The average molecular weight is 316 g/mol. The predicted molar refractivity (Wildman–Crippen MR) is 78.9 cm³/mol. The average Bonchev–Trinajstić information content (AvgIpc) is 2.96. The lowest BCUT2D eigenvalue weighted by atomic mass is 9.69. The minimum absolute atomic E-state index is 0.0243.